The Kier molecular flexibility index (Phi) is 3.61. The predicted octanol–water partition coefficient (Wildman–Crippen LogP) is 2.80. The summed E-state index contributed by atoms with van der Waals surface area (Å²) in [6.45, 7) is 0.822. The number of fused-ring (bicyclic) bond motifs is 1. The van der Waals surface area contributed by atoms with Gasteiger partial charge in [0.1, 0.15) is 0 Å². The lowest BCUT2D eigenvalue weighted by Crippen LogP contribution is -2.23. The van der Waals surface area contributed by atoms with Gasteiger partial charge in [0.05, 0.1) is 23.1 Å². The van der Waals surface area contributed by atoms with E-state index in [1.165, 1.54) is 0 Å². The Morgan fingerprint density at radius 2 is 2.14 bits per heavy atom. The highest BCUT2D eigenvalue weighted by Crippen LogP contribution is 2.30. The highest BCUT2D eigenvalue weighted by molar-refractivity contribution is 5.79. The van der Waals surface area contributed by atoms with E-state index in [1.54, 1.807) is 12.1 Å². The quantitative estimate of drug-likeness (QED) is 0.939. The van der Waals surface area contributed by atoms with Gasteiger partial charge in [-0.2, -0.15) is 10.4 Å². The first-order valence-electron chi connectivity index (χ1n) is 7.26. The van der Waals surface area contributed by atoms with Gasteiger partial charge in [-0.1, -0.05) is 0 Å². The van der Waals surface area contributed by atoms with Crippen molar-refractivity contribution in [1.82, 2.24) is 9.78 Å². The lowest BCUT2D eigenvalue weighted by Gasteiger charge is -2.25. The smallest absolute Gasteiger partial charge is 0.306 e. The van der Waals surface area contributed by atoms with E-state index in [1.807, 2.05) is 16.9 Å². The van der Waals surface area contributed by atoms with E-state index < -0.39 is 5.97 Å². The molecule has 21 heavy (non-hydrogen) atoms. The number of aromatic nitrogens is 2. The van der Waals surface area contributed by atoms with Gasteiger partial charge in [0.15, 0.2) is 0 Å². The minimum absolute atomic E-state index is 0.170. The van der Waals surface area contributed by atoms with E-state index in [-0.39, 0.29) is 5.92 Å². The van der Waals surface area contributed by atoms with E-state index in [4.69, 9.17) is 10.4 Å². The van der Waals surface area contributed by atoms with Crippen LogP contribution in [0.3, 0.4) is 0 Å². The summed E-state index contributed by atoms with van der Waals surface area (Å²) in [5.41, 5.74) is 1.46. The number of hydrogen-bond acceptors (Lipinski definition) is 3. The van der Waals surface area contributed by atoms with E-state index in [0.717, 1.165) is 43.1 Å². The van der Waals surface area contributed by atoms with Crippen molar-refractivity contribution in [2.45, 2.75) is 32.2 Å². The molecule has 0 aliphatic heterocycles. The number of nitriles is 1. The van der Waals surface area contributed by atoms with E-state index in [9.17, 15) is 4.79 Å². The molecule has 5 nitrogen and oxygen atoms in total. The first-order valence-corrected chi connectivity index (χ1v) is 7.26. The Bertz CT molecular complexity index is 706. The summed E-state index contributed by atoms with van der Waals surface area (Å²) >= 11 is 0. The Labute approximate surface area is 122 Å². The monoisotopic (exact) mass is 283 g/mol. The zero-order chi connectivity index (χ0) is 14.8. The third-order valence-electron chi connectivity index (χ3n) is 4.33. The normalized spacial score (nSPS) is 22.0. The minimum Gasteiger partial charge on any atom is -0.481 e. The molecule has 108 valence electrons. The van der Waals surface area contributed by atoms with Crippen LogP contribution in [0.4, 0.5) is 0 Å². The summed E-state index contributed by atoms with van der Waals surface area (Å²) < 4.78 is 1.93. The number of hydrogen-bond donors (Lipinski definition) is 1. The van der Waals surface area contributed by atoms with E-state index >= 15 is 0 Å². The molecule has 0 atom stereocenters. The van der Waals surface area contributed by atoms with Gasteiger partial charge in [-0.3, -0.25) is 9.48 Å². The molecule has 1 saturated carbocycles. The molecular weight excluding hydrogens is 266 g/mol. The molecule has 1 aromatic heterocycles. The fourth-order valence-corrected chi connectivity index (χ4v) is 3.09. The van der Waals surface area contributed by atoms with Crippen molar-refractivity contribution < 1.29 is 9.90 Å². The summed E-state index contributed by atoms with van der Waals surface area (Å²) in [6, 6.07) is 7.63. The van der Waals surface area contributed by atoms with Crippen LogP contribution >= 0.6 is 0 Å². The molecule has 0 bridgehead atoms. The fraction of sp³-hybridized carbons (Fsp3) is 0.438. The Hall–Kier alpha value is -2.35. The molecule has 1 aliphatic rings. The molecule has 5 heteroatoms. The summed E-state index contributed by atoms with van der Waals surface area (Å²) in [7, 11) is 0. The second-order valence-electron chi connectivity index (χ2n) is 5.79. The Balaban J connectivity index is 1.68. The van der Waals surface area contributed by atoms with Crippen LogP contribution in [0.2, 0.25) is 0 Å². The van der Waals surface area contributed by atoms with Gasteiger partial charge in [-0.15, -0.1) is 0 Å². The maximum absolute atomic E-state index is 11.0. The first kappa shape index (κ1) is 13.6. The molecule has 1 fully saturated rings. The molecular formula is C16H17N3O2. The number of nitrogens with zero attached hydrogens (tertiary/aromatic N) is 3. The van der Waals surface area contributed by atoms with Crippen molar-refractivity contribution in [2.24, 2.45) is 11.8 Å². The van der Waals surface area contributed by atoms with Gasteiger partial charge in [0.2, 0.25) is 0 Å². The standard InChI is InChI=1S/C16H17N3O2/c17-8-12-3-6-14-10-19(18-15(14)7-12)9-11-1-4-13(5-2-11)16(20)21/h3,6-7,10-11,13H,1-2,4-5,9H2,(H,20,21). The maximum Gasteiger partial charge on any atom is 0.306 e. The molecule has 0 unspecified atom stereocenters. The van der Waals surface area contributed by atoms with Crippen molar-refractivity contribution in [3.05, 3.63) is 30.0 Å². The lowest BCUT2D eigenvalue weighted by atomic mass is 9.82. The average Bonchev–Trinajstić information content (AvgIpc) is 2.88. The molecule has 1 N–H and O–H groups in total. The third-order valence-corrected chi connectivity index (χ3v) is 4.33. The topological polar surface area (TPSA) is 78.9 Å². The first-order chi connectivity index (χ1) is 10.2. The summed E-state index contributed by atoms with van der Waals surface area (Å²) in [5, 5.41) is 23.5. The summed E-state index contributed by atoms with van der Waals surface area (Å²) in [4.78, 5) is 11.0. The van der Waals surface area contributed by atoms with Crippen molar-refractivity contribution in [1.29, 1.82) is 5.26 Å². The molecule has 0 spiro atoms. The number of benzene rings is 1. The van der Waals surface area contributed by atoms with E-state index in [2.05, 4.69) is 11.2 Å². The number of aliphatic carboxylic acids is 1. The molecule has 1 heterocycles. The highest BCUT2D eigenvalue weighted by atomic mass is 16.4. The predicted molar refractivity (Wildman–Crippen MR) is 77.5 cm³/mol. The second kappa shape index (κ2) is 5.57. The van der Waals surface area contributed by atoms with Crippen LogP contribution in [0.1, 0.15) is 31.2 Å². The maximum atomic E-state index is 11.0. The van der Waals surface area contributed by atoms with Crippen molar-refractivity contribution in [3.8, 4) is 6.07 Å². The van der Waals surface area contributed by atoms with Gasteiger partial charge >= 0.3 is 5.97 Å². The van der Waals surface area contributed by atoms with Crippen LogP contribution in [-0.2, 0) is 11.3 Å². The number of carbonyl (C=O) groups is 1. The number of carboxylic acids is 1. The van der Waals surface area contributed by atoms with Crippen molar-refractivity contribution in [2.75, 3.05) is 0 Å². The molecule has 2 aromatic rings. The van der Waals surface area contributed by atoms with Crippen LogP contribution in [0.5, 0.6) is 0 Å². The van der Waals surface area contributed by atoms with Gasteiger partial charge < -0.3 is 5.11 Å². The number of rotatable bonds is 3. The average molecular weight is 283 g/mol. The number of carboxylic acid groups (broad SMARTS) is 1. The van der Waals surface area contributed by atoms with Gasteiger partial charge in [-0.25, -0.2) is 0 Å². The molecule has 1 aromatic carbocycles. The second-order valence-corrected chi connectivity index (χ2v) is 5.79. The SMILES string of the molecule is N#Cc1ccc2cn(CC3CCC(C(=O)O)CC3)nc2c1. The van der Waals surface area contributed by atoms with Crippen LogP contribution in [0.25, 0.3) is 10.9 Å². The van der Waals surface area contributed by atoms with Crippen LogP contribution in [0, 0.1) is 23.2 Å². The van der Waals surface area contributed by atoms with Crippen LogP contribution in [0.15, 0.2) is 24.4 Å². The molecule has 1 aliphatic carbocycles. The van der Waals surface area contributed by atoms with Gasteiger partial charge in [-0.05, 0) is 49.8 Å². The molecule has 3 rings (SSSR count). The Morgan fingerprint density at radius 3 is 2.81 bits per heavy atom. The zero-order valence-electron chi connectivity index (χ0n) is 11.7. The van der Waals surface area contributed by atoms with Crippen LogP contribution < -0.4 is 0 Å². The summed E-state index contributed by atoms with van der Waals surface area (Å²) in [6.07, 6.45) is 5.41. The zero-order valence-corrected chi connectivity index (χ0v) is 11.7. The minimum atomic E-state index is -0.665. The molecule has 0 saturated heterocycles. The van der Waals surface area contributed by atoms with Gasteiger partial charge in [0, 0.05) is 18.1 Å². The van der Waals surface area contributed by atoms with Crippen LogP contribution in [-0.4, -0.2) is 20.9 Å². The Morgan fingerprint density at radius 1 is 1.38 bits per heavy atom. The van der Waals surface area contributed by atoms with E-state index in [0.29, 0.717) is 11.5 Å². The summed E-state index contributed by atoms with van der Waals surface area (Å²) in [5.74, 6) is -0.344. The third kappa shape index (κ3) is 2.89. The lowest BCUT2D eigenvalue weighted by molar-refractivity contribution is -0.143. The van der Waals surface area contributed by atoms with Gasteiger partial charge in [0.25, 0.3) is 0 Å². The van der Waals surface area contributed by atoms with Crippen molar-refractivity contribution in [3.63, 3.8) is 0 Å². The fourth-order valence-electron chi connectivity index (χ4n) is 3.09. The highest BCUT2D eigenvalue weighted by Gasteiger charge is 2.26. The molecule has 0 radical (unpaired) electrons. The molecule has 0 amide bonds. The largest absolute Gasteiger partial charge is 0.481 e. The van der Waals surface area contributed by atoms with Crippen molar-refractivity contribution >= 4 is 16.9 Å².